The van der Waals surface area contributed by atoms with E-state index in [1.807, 2.05) is 0 Å². The maximum absolute atomic E-state index is 13.8. The maximum Gasteiger partial charge on any atom is 0.255 e. The van der Waals surface area contributed by atoms with Gasteiger partial charge >= 0.3 is 0 Å². The number of aliphatic hydroxyl groups is 1. The molecule has 2 aliphatic carbocycles. The summed E-state index contributed by atoms with van der Waals surface area (Å²) >= 11 is 6.28. The predicted molar refractivity (Wildman–Crippen MR) is 145 cm³/mol. The molecule has 1 heterocycles. The summed E-state index contributed by atoms with van der Waals surface area (Å²) in [6.45, 7) is 1.11. The van der Waals surface area contributed by atoms with Gasteiger partial charge in [-0.3, -0.25) is 9.59 Å². The summed E-state index contributed by atoms with van der Waals surface area (Å²) in [7, 11) is -4.04. The number of sulfone groups is 1. The Balaban J connectivity index is 1.30. The molecule has 41 heavy (non-hydrogen) atoms. The fourth-order valence-corrected chi connectivity index (χ4v) is 9.09. The smallest absolute Gasteiger partial charge is 0.255 e. The van der Waals surface area contributed by atoms with Gasteiger partial charge in [0.25, 0.3) is 5.91 Å². The molecule has 3 unspecified atom stereocenters. The lowest BCUT2D eigenvalue weighted by Gasteiger charge is -2.42. The van der Waals surface area contributed by atoms with E-state index in [1.165, 1.54) is 12.1 Å². The molecule has 1 amide bonds. The van der Waals surface area contributed by atoms with Gasteiger partial charge in [-0.15, -0.1) is 0 Å². The quantitative estimate of drug-likeness (QED) is 0.382. The maximum atomic E-state index is 13.8. The standard InChI is InChI=1S/C29H31ClF3NO6S/c30-22-4-1-17(28(36)34-20-14-23(31)27(33)24(32)15-20)11-26(22)41(38,39)21-12-18-2-3-19(13-21)29(18,37)8-5-25(35)16-6-9-40-10-7-16/h1,4,11,14-16,18-19,21,37H,2-3,5-10,12-13H2,(H,34,36)/t18-,19?,21?,29?/m0/s1. The molecule has 12 heteroatoms. The summed E-state index contributed by atoms with van der Waals surface area (Å²) in [6.07, 6.45) is 3.60. The number of halogens is 4. The van der Waals surface area contributed by atoms with E-state index in [1.54, 1.807) is 0 Å². The fraction of sp³-hybridized carbons (Fsp3) is 0.517. The molecular formula is C29H31ClF3NO6S. The highest BCUT2D eigenvalue weighted by Gasteiger charge is 2.55. The van der Waals surface area contributed by atoms with Crippen LogP contribution in [0.4, 0.5) is 18.9 Å². The van der Waals surface area contributed by atoms with Gasteiger partial charge < -0.3 is 15.2 Å². The van der Waals surface area contributed by atoms with Crippen molar-refractivity contribution in [2.24, 2.45) is 17.8 Å². The van der Waals surface area contributed by atoms with Crippen LogP contribution in [0.3, 0.4) is 0 Å². The van der Waals surface area contributed by atoms with E-state index < -0.39 is 44.0 Å². The van der Waals surface area contributed by atoms with Gasteiger partial charge in [0.1, 0.15) is 5.78 Å². The third-order valence-electron chi connectivity index (χ3n) is 9.00. The molecule has 2 bridgehead atoms. The van der Waals surface area contributed by atoms with E-state index in [2.05, 4.69) is 5.32 Å². The van der Waals surface area contributed by atoms with Gasteiger partial charge in [-0.1, -0.05) is 11.6 Å². The Morgan fingerprint density at radius 2 is 1.61 bits per heavy atom. The highest BCUT2D eigenvalue weighted by molar-refractivity contribution is 7.92. The van der Waals surface area contributed by atoms with Crippen LogP contribution in [0.2, 0.25) is 5.02 Å². The third kappa shape index (κ3) is 5.91. The first-order valence-electron chi connectivity index (χ1n) is 13.7. The number of ether oxygens (including phenoxy) is 1. The number of nitrogens with one attached hydrogen (secondary N) is 1. The number of carbonyl (C=O) groups is 2. The lowest BCUT2D eigenvalue weighted by atomic mass is 9.71. The molecule has 3 aliphatic rings. The second-order valence-corrected chi connectivity index (χ2v) is 13.9. The van der Waals surface area contributed by atoms with Gasteiger partial charge in [0.2, 0.25) is 0 Å². The Morgan fingerprint density at radius 3 is 2.22 bits per heavy atom. The zero-order valence-electron chi connectivity index (χ0n) is 22.2. The first kappa shape index (κ1) is 30.0. The average molecular weight is 614 g/mol. The number of hydrogen-bond acceptors (Lipinski definition) is 6. The normalized spacial score (nSPS) is 26.6. The van der Waals surface area contributed by atoms with Crippen LogP contribution < -0.4 is 5.32 Å². The van der Waals surface area contributed by atoms with E-state index in [0.29, 0.717) is 57.5 Å². The zero-order chi connectivity index (χ0) is 29.5. The van der Waals surface area contributed by atoms with Crippen molar-refractivity contribution in [3.05, 3.63) is 58.4 Å². The number of ketones is 1. The van der Waals surface area contributed by atoms with Gasteiger partial charge in [-0.25, -0.2) is 21.6 Å². The molecule has 7 nitrogen and oxygen atoms in total. The Bertz CT molecular complexity index is 1430. The van der Waals surface area contributed by atoms with Crippen LogP contribution in [0.5, 0.6) is 0 Å². The van der Waals surface area contributed by atoms with Gasteiger partial charge in [0.15, 0.2) is 27.3 Å². The van der Waals surface area contributed by atoms with Crippen LogP contribution in [0, 0.1) is 35.2 Å². The van der Waals surface area contributed by atoms with Crippen molar-refractivity contribution in [3.8, 4) is 0 Å². The van der Waals surface area contributed by atoms with Crippen LogP contribution >= 0.6 is 11.6 Å². The number of anilines is 1. The van der Waals surface area contributed by atoms with Crippen molar-refractivity contribution >= 4 is 38.8 Å². The molecule has 0 radical (unpaired) electrons. The Labute approximate surface area is 241 Å². The number of hydrogen-bond donors (Lipinski definition) is 2. The molecule has 3 fully saturated rings. The van der Waals surface area contributed by atoms with Crippen LogP contribution in [0.25, 0.3) is 0 Å². The van der Waals surface area contributed by atoms with Crippen molar-refractivity contribution in [2.75, 3.05) is 18.5 Å². The predicted octanol–water partition coefficient (Wildman–Crippen LogP) is 5.48. The average Bonchev–Trinajstić information content (AvgIpc) is 3.10. The van der Waals surface area contributed by atoms with Crippen LogP contribution in [0.1, 0.15) is 61.7 Å². The summed E-state index contributed by atoms with van der Waals surface area (Å²) in [5, 5.41) is 12.9. The summed E-state index contributed by atoms with van der Waals surface area (Å²) in [6, 6.07) is 4.86. The molecule has 0 spiro atoms. The van der Waals surface area contributed by atoms with Crippen LogP contribution in [0.15, 0.2) is 35.2 Å². The van der Waals surface area contributed by atoms with Gasteiger partial charge in [0.05, 0.1) is 20.8 Å². The summed E-state index contributed by atoms with van der Waals surface area (Å²) in [4.78, 5) is 25.3. The Morgan fingerprint density at radius 1 is 1.00 bits per heavy atom. The molecule has 2 aromatic carbocycles. The van der Waals surface area contributed by atoms with Crippen molar-refractivity contribution in [2.45, 2.75) is 67.1 Å². The number of amides is 1. The third-order valence-corrected chi connectivity index (χ3v) is 11.7. The lowest BCUT2D eigenvalue weighted by Crippen LogP contribution is -2.48. The topological polar surface area (TPSA) is 110 Å². The second kappa shape index (κ2) is 11.7. The first-order chi connectivity index (χ1) is 19.4. The SMILES string of the molecule is O=C(Nc1cc(F)c(F)c(F)c1)c1ccc(Cl)c(S(=O)(=O)C2CC3CC[C@@H](C2)C3(O)CCC(=O)C2CCOCC2)c1. The largest absolute Gasteiger partial charge is 0.389 e. The lowest BCUT2D eigenvalue weighted by molar-refractivity contribution is -0.129. The van der Waals surface area contributed by atoms with E-state index >= 15 is 0 Å². The van der Waals surface area contributed by atoms with Crippen molar-refractivity contribution in [3.63, 3.8) is 0 Å². The monoisotopic (exact) mass is 613 g/mol. The molecule has 2 aromatic rings. The van der Waals surface area contributed by atoms with Crippen molar-refractivity contribution in [1.29, 1.82) is 0 Å². The second-order valence-electron chi connectivity index (χ2n) is 11.3. The molecular weight excluding hydrogens is 583 g/mol. The number of fused-ring (bicyclic) bond motifs is 2. The molecule has 1 aliphatic heterocycles. The van der Waals surface area contributed by atoms with E-state index in [0.717, 1.165) is 6.07 Å². The summed E-state index contributed by atoms with van der Waals surface area (Å²) in [5.41, 5.74) is -1.58. The fourth-order valence-electron chi connectivity index (χ4n) is 6.69. The Kier molecular flexibility index (Phi) is 8.53. The molecule has 2 N–H and O–H groups in total. The number of carbonyl (C=O) groups excluding carboxylic acids is 2. The van der Waals surface area contributed by atoms with Gasteiger partial charge in [0, 0.05) is 48.9 Å². The minimum Gasteiger partial charge on any atom is -0.389 e. The van der Waals surface area contributed by atoms with Crippen molar-refractivity contribution in [1.82, 2.24) is 0 Å². The molecule has 4 atom stereocenters. The summed E-state index contributed by atoms with van der Waals surface area (Å²) in [5.74, 6) is -6.05. The first-order valence-corrected chi connectivity index (χ1v) is 15.6. The highest BCUT2D eigenvalue weighted by Crippen LogP contribution is 2.54. The number of benzene rings is 2. The molecule has 2 saturated carbocycles. The van der Waals surface area contributed by atoms with E-state index in [9.17, 15) is 36.3 Å². The van der Waals surface area contributed by atoms with Gasteiger partial charge in [-0.2, -0.15) is 0 Å². The van der Waals surface area contributed by atoms with Gasteiger partial charge in [-0.05, 0) is 75.0 Å². The molecule has 0 aromatic heterocycles. The minimum atomic E-state index is -4.04. The zero-order valence-corrected chi connectivity index (χ0v) is 23.7. The molecule has 5 rings (SSSR count). The van der Waals surface area contributed by atoms with E-state index in [4.69, 9.17) is 16.3 Å². The molecule has 222 valence electrons. The van der Waals surface area contributed by atoms with Crippen LogP contribution in [-0.4, -0.2) is 49.3 Å². The van der Waals surface area contributed by atoms with Crippen LogP contribution in [-0.2, 0) is 19.4 Å². The van der Waals surface area contributed by atoms with Crippen molar-refractivity contribution < 1.29 is 41.0 Å². The molecule has 1 saturated heterocycles. The Hall–Kier alpha value is -2.47. The highest BCUT2D eigenvalue weighted by atomic mass is 35.5. The summed E-state index contributed by atoms with van der Waals surface area (Å²) < 4.78 is 73.3. The minimum absolute atomic E-state index is 0.0607. The van der Waals surface area contributed by atoms with E-state index in [-0.39, 0.29) is 64.0 Å². The number of Topliss-reactive ketones (excluding diaryl/α,β-unsaturated/α-hetero) is 1. The number of rotatable bonds is 8.